The van der Waals surface area contributed by atoms with Gasteiger partial charge in [0, 0.05) is 28.3 Å². The molecule has 1 N–H and O–H groups in total. The average molecular weight is 316 g/mol. The van der Waals surface area contributed by atoms with E-state index in [1.165, 1.54) is 11.1 Å². The Hall–Kier alpha value is -2.92. The van der Waals surface area contributed by atoms with Gasteiger partial charge in [-0.15, -0.1) is 0 Å². The second-order valence-corrected chi connectivity index (χ2v) is 6.02. The van der Waals surface area contributed by atoms with E-state index in [1.54, 1.807) is 0 Å². The van der Waals surface area contributed by atoms with Gasteiger partial charge in [-0.05, 0) is 18.1 Å². The van der Waals surface area contributed by atoms with Crippen molar-refractivity contribution in [1.82, 2.24) is 19.6 Å². The Bertz CT molecular complexity index is 1070. The number of para-hydroxylation sites is 1. The number of nitrogens with zero attached hydrogens (tertiary/aromatic N) is 3. The average Bonchev–Trinajstić information content (AvgIpc) is 3.30. The maximum absolute atomic E-state index is 5.46. The summed E-state index contributed by atoms with van der Waals surface area (Å²) in [5.74, 6) is 0. The number of aromatic amines is 1. The van der Waals surface area contributed by atoms with Crippen molar-refractivity contribution in [3.05, 3.63) is 60.8 Å². The van der Waals surface area contributed by atoms with Crippen molar-refractivity contribution in [1.29, 1.82) is 0 Å². The second-order valence-electron chi connectivity index (χ2n) is 6.02. The third-order valence-corrected chi connectivity index (χ3v) is 4.62. The Balaban J connectivity index is 1.78. The van der Waals surface area contributed by atoms with Crippen molar-refractivity contribution in [3.8, 4) is 11.1 Å². The maximum atomic E-state index is 5.46. The lowest BCUT2D eigenvalue weighted by atomic mass is 9.97. The van der Waals surface area contributed by atoms with Gasteiger partial charge >= 0.3 is 0 Å². The van der Waals surface area contributed by atoms with Crippen LogP contribution in [-0.4, -0.2) is 32.8 Å². The molecule has 4 heterocycles. The van der Waals surface area contributed by atoms with Gasteiger partial charge in [0.2, 0.25) is 0 Å². The molecule has 0 fully saturated rings. The van der Waals surface area contributed by atoms with E-state index in [4.69, 9.17) is 4.74 Å². The highest BCUT2D eigenvalue weighted by Crippen LogP contribution is 2.32. The summed E-state index contributed by atoms with van der Waals surface area (Å²) < 4.78 is 7.56. The first-order chi connectivity index (χ1) is 11.9. The van der Waals surface area contributed by atoms with Crippen LogP contribution in [0.5, 0.6) is 0 Å². The number of H-pyrrole nitrogens is 1. The van der Waals surface area contributed by atoms with Crippen LogP contribution in [0.1, 0.15) is 12.0 Å². The fourth-order valence-electron chi connectivity index (χ4n) is 3.42. The largest absolute Gasteiger partial charge is 0.377 e. The lowest BCUT2D eigenvalue weighted by molar-refractivity contribution is 0.161. The highest BCUT2D eigenvalue weighted by atomic mass is 16.5. The molecule has 1 aliphatic rings. The van der Waals surface area contributed by atoms with Gasteiger partial charge in [-0.25, -0.2) is 4.98 Å². The van der Waals surface area contributed by atoms with Gasteiger partial charge in [0.05, 0.1) is 43.0 Å². The van der Waals surface area contributed by atoms with Gasteiger partial charge < -0.3 is 9.14 Å². The summed E-state index contributed by atoms with van der Waals surface area (Å²) in [5.41, 5.74) is 7.04. The molecule has 5 nitrogen and oxygen atoms in total. The molecule has 0 aliphatic carbocycles. The predicted octanol–water partition coefficient (Wildman–Crippen LogP) is 3.68. The number of fused-ring (bicyclic) bond motifs is 2. The number of ether oxygens (including phenoxy) is 1. The van der Waals surface area contributed by atoms with Crippen molar-refractivity contribution in [2.45, 2.75) is 6.42 Å². The SMILES string of the molecule is C1=C(c2cc(-c3cccc4cn[nH]c34)cn3cncc23)CCOC1. The summed E-state index contributed by atoms with van der Waals surface area (Å²) in [4.78, 5) is 4.33. The number of benzene rings is 1. The van der Waals surface area contributed by atoms with Crippen LogP contribution in [0.15, 0.2) is 55.3 Å². The van der Waals surface area contributed by atoms with E-state index in [-0.39, 0.29) is 0 Å². The molecule has 118 valence electrons. The zero-order valence-electron chi connectivity index (χ0n) is 13.1. The smallest absolute Gasteiger partial charge is 0.0992 e. The third-order valence-electron chi connectivity index (χ3n) is 4.62. The summed E-state index contributed by atoms with van der Waals surface area (Å²) in [6.07, 6.45) is 10.9. The van der Waals surface area contributed by atoms with E-state index in [0.717, 1.165) is 40.6 Å². The molecule has 0 atom stereocenters. The number of nitrogens with one attached hydrogen (secondary N) is 1. The molecule has 1 aromatic carbocycles. The van der Waals surface area contributed by atoms with Crippen LogP contribution in [0, 0.1) is 0 Å². The summed E-state index contributed by atoms with van der Waals surface area (Å²) in [6.45, 7) is 1.45. The first-order valence-electron chi connectivity index (χ1n) is 8.05. The van der Waals surface area contributed by atoms with Crippen LogP contribution in [0.4, 0.5) is 0 Å². The maximum Gasteiger partial charge on any atom is 0.0992 e. The van der Waals surface area contributed by atoms with Gasteiger partial charge in [0.15, 0.2) is 0 Å². The highest BCUT2D eigenvalue weighted by Gasteiger charge is 2.14. The van der Waals surface area contributed by atoms with Crippen molar-refractivity contribution < 1.29 is 4.74 Å². The molecule has 5 rings (SSSR count). The monoisotopic (exact) mass is 316 g/mol. The topological polar surface area (TPSA) is 55.2 Å². The molecule has 0 saturated carbocycles. The second kappa shape index (κ2) is 5.32. The van der Waals surface area contributed by atoms with Crippen molar-refractivity contribution in [3.63, 3.8) is 0 Å². The minimum absolute atomic E-state index is 0.677. The number of rotatable bonds is 2. The molecular weight excluding hydrogens is 300 g/mol. The van der Waals surface area contributed by atoms with E-state index in [2.05, 4.69) is 56.1 Å². The van der Waals surface area contributed by atoms with E-state index in [9.17, 15) is 0 Å². The van der Waals surface area contributed by atoms with E-state index in [1.807, 2.05) is 18.7 Å². The number of imidazole rings is 1. The van der Waals surface area contributed by atoms with Crippen LogP contribution in [-0.2, 0) is 4.74 Å². The zero-order valence-corrected chi connectivity index (χ0v) is 13.1. The van der Waals surface area contributed by atoms with Crippen molar-refractivity contribution >= 4 is 22.0 Å². The molecule has 5 heteroatoms. The number of hydrogen-bond acceptors (Lipinski definition) is 3. The minimum atomic E-state index is 0.677. The fraction of sp³-hybridized carbons (Fsp3) is 0.158. The van der Waals surface area contributed by atoms with Gasteiger partial charge in [-0.1, -0.05) is 24.3 Å². The quantitative estimate of drug-likeness (QED) is 0.614. The van der Waals surface area contributed by atoms with Crippen LogP contribution in [0.2, 0.25) is 0 Å². The molecule has 1 aliphatic heterocycles. The molecule has 0 amide bonds. The third kappa shape index (κ3) is 2.06. The van der Waals surface area contributed by atoms with Gasteiger partial charge in [-0.3, -0.25) is 5.10 Å². The summed E-state index contributed by atoms with van der Waals surface area (Å²) >= 11 is 0. The molecule has 4 aromatic rings. The van der Waals surface area contributed by atoms with Crippen LogP contribution >= 0.6 is 0 Å². The van der Waals surface area contributed by atoms with Crippen LogP contribution in [0.3, 0.4) is 0 Å². The molecule has 24 heavy (non-hydrogen) atoms. The summed E-state index contributed by atoms with van der Waals surface area (Å²) in [7, 11) is 0. The standard InChI is InChI=1S/C19H16N4O/c1-2-14-9-21-22-19(14)16(3-1)15-8-17(13-4-6-24-7-5-13)18-10-20-12-23(18)11-15/h1-4,8-12H,5-7H2,(H,21,22). The molecule has 0 unspecified atom stereocenters. The Morgan fingerprint density at radius 2 is 2.17 bits per heavy atom. The lowest BCUT2D eigenvalue weighted by Gasteiger charge is -2.16. The van der Waals surface area contributed by atoms with Crippen molar-refractivity contribution in [2.24, 2.45) is 0 Å². The van der Waals surface area contributed by atoms with E-state index in [0.29, 0.717) is 6.61 Å². The molecule has 0 bridgehead atoms. The Morgan fingerprint density at radius 3 is 3.08 bits per heavy atom. The predicted molar refractivity (Wildman–Crippen MR) is 93.7 cm³/mol. The van der Waals surface area contributed by atoms with Crippen LogP contribution < -0.4 is 0 Å². The molecule has 3 aromatic heterocycles. The molecule has 0 spiro atoms. The summed E-state index contributed by atoms with van der Waals surface area (Å²) in [5, 5.41) is 8.41. The minimum Gasteiger partial charge on any atom is -0.377 e. The normalized spacial score (nSPS) is 15.1. The zero-order chi connectivity index (χ0) is 15.9. The van der Waals surface area contributed by atoms with Crippen molar-refractivity contribution in [2.75, 3.05) is 13.2 Å². The fourth-order valence-corrected chi connectivity index (χ4v) is 3.42. The number of pyridine rings is 1. The Morgan fingerprint density at radius 1 is 1.17 bits per heavy atom. The Labute approximate surface area is 138 Å². The Kier molecular flexibility index (Phi) is 2.99. The lowest BCUT2D eigenvalue weighted by Crippen LogP contribution is -2.05. The summed E-state index contributed by atoms with van der Waals surface area (Å²) in [6, 6.07) is 8.52. The molecule has 0 radical (unpaired) electrons. The van der Waals surface area contributed by atoms with E-state index < -0.39 is 0 Å². The van der Waals surface area contributed by atoms with E-state index >= 15 is 0 Å². The number of aromatic nitrogens is 4. The molecular formula is C19H16N4O. The van der Waals surface area contributed by atoms with Crippen LogP contribution in [0.25, 0.3) is 33.1 Å². The van der Waals surface area contributed by atoms with Gasteiger partial charge in [0.25, 0.3) is 0 Å². The van der Waals surface area contributed by atoms with Gasteiger partial charge in [-0.2, -0.15) is 5.10 Å². The first kappa shape index (κ1) is 13.5. The first-order valence-corrected chi connectivity index (χ1v) is 8.05. The highest BCUT2D eigenvalue weighted by molar-refractivity contribution is 5.94. The molecule has 0 saturated heterocycles. The van der Waals surface area contributed by atoms with Gasteiger partial charge in [0.1, 0.15) is 0 Å². The number of hydrogen-bond donors (Lipinski definition) is 1.